The molecule has 2 rings (SSSR count). The van der Waals surface area contributed by atoms with Gasteiger partial charge in [-0.3, -0.25) is 14.4 Å². The molecule has 0 aromatic heterocycles. The largest absolute Gasteiger partial charge is 0.481 e. The van der Waals surface area contributed by atoms with E-state index in [-0.39, 0.29) is 18.7 Å². The lowest BCUT2D eigenvalue weighted by atomic mass is 10.0. The Kier molecular flexibility index (Phi) is 7.05. The van der Waals surface area contributed by atoms with Crippen LogP contribution in [0, 0.1) is 5.82 Å². The van der Waals surface area contributed by atoms with Crippen molar-refractivity contribution in [3.63, 3.8) is 0 Å². The van der Waals surface area contributed by atoms with E-state index in [0.29, 0.717) is 5.56 Å². The fourth-order valence-corrected chi connectivity index (χ4v) is 2.74. The van der Waals surface area contributed by atoms with Crippen LogP contribution in [0.4, 0.5) is 4.39 Å². The molecular weight excluding hydrogens is 351 g/mol. The zero-order valence-electron chi connectivity index (χ0n) is 14.8. The number of hydrogen-bond acceptors (Lipinski definition) is 3. The Balaban J connectivity index is 2.13. The van der Waals surface area contributed by atoms with Crippen LogP contribution < -0.4 is 10.6 Å². The molecule has 0 saturated carbocycles. The number of carboxylic acid groups (broad SMARTS) is 1. The Morgan fingerprint density at radius 1 is 0.889 bits per heavy atom. The lowest BCUT2D eigenvalue weighted by Gasteiger charge is -2.21. The lowest BCUT2D eigenvalue weighted by Crippen LogP contribution is -2.35. The Morgan fingerprint density at radius 2 is 1.44 bits per heavy atom. The number of hydrogen-bond donors (Lipinski definition) is 3. The minimum atomic E-state index is -1.09. The Hall–Kier alpha value is -3.22. The van der Waals surface area contributed by atoms with Crippen LogP contribution in [0.1, 0.15) is 43.0 Å². The summed E-state index contributed by atoms with van der Waals surface area (Å²) in [5.74, 6) is -2.24. The van der Waals surface area contributed by atoms with Gasteiger partial charge in [0.1, 0.15) is 5.82 Å². The second-order valence-electron chi connectivity index (χ2n) is 6.14. The van der Waals surface area contributed by atoms with Crippen molar-refractivity contribution in [3.8, 4) is 0 Å². The van der Waals surface area contributed by atoms with Crippen LogP contribution in [-0.4, -0.2) is 22.9 Å². The minimum absolute atomic E-state index is 0.0547. The Morgan fingerprint density at radius 3 is 2.00 bits per heavy atom. The predicted molar refractivity (Wildman–Crippen MR) is 97.2 cm³/mol. The zero-order chi connectivity index (χ0) is 19.8. The van der Waals surface area contributed by atoms with Gasteiger partial charge in [0.05, 0.1) is 24.9 Å². The van der Waals surface area contributed by atoms with Gasteiger partial charge < -0.3 is 15.7 Å². The van der Waals surface area contributed by atoms with E-state index in [1.54, 1.807) is 24.3 Å². The number of aliphatic carboxylic acids is 1. The summed E-state index contributed by atoms with van der Waals surface area (Å²) in [6.07, 6.45) is -0.394. The van der Waals surface area contributed by atoms with E-state index >= 15 is 0 Å². The molecule has 0 aliphatic carbocycles. The van der Waals surface area contributed by atoms with Gasteiger partial charge in [-0.2, -0.15) is 0 Å². The molecule has 2 amide bonds. The molecule has 2 aromatic rings. The SMILES string of the molecule is CC(=O)NC(CC(=O)NC(CC(=O)O)c1ccc(F)cc1)c1ccccc1. The molecule has 3 N–H and O–H groups in total. The van der Waals surface area contributed by atoms with E-state index in [9.17, 15) is 18.8 Å². The molecule has 2 aromatic carbocycles. The third-order valence-electron chi connectivity index (χ3n) is 3.96. The van der Waals surface area contributed by atoms with Gasteiger partial charge in [-0.15, -0.1) is 0 Å². The highest BCUT2D eigenvalue weighted by atomic mass is 19.1. The lowest BCUT2D eigenvalue weighted by molar-refractivity contribution is -0.137. The molecule has 0 fully saturated rings. The summed E-state index contributed by atoms with van der Waals surface area (Å²) in [5, 5.41) is 14.5. The van der Waals surface area contributed by atoms with Gasteiger partial charge in [-0.25, -0.2) is 4.39 Å². The average Bonchev–Trinajstić information content (AvgIpc) is 2.61. The zero-order valence-corrected chi connectivity index (χ0v) is 14.8. The summed E-state index contributed by atoms with van der Waals surface area (Å²) in [6, 6.07) is 13.0. The highest BCUT2D eigenvalue weighted by Crippen LogP contribution is 2.20. The second kappa shape index (κ2) is 9.47. The normalized spacial score (nSPS) is 12.7. The topological polar surface area (TPSA) is 95.5 Å². The quantitative estimate of drug-likeness (QED) is 0.664. The van der Waals surface area contributed by atoms with Crippen LogP contribution in [0.3, 0.4) is 0 Å². The first-order valence-corrected chi connectivity index (χ1v) is 8.44. The minimum Gasteiger partial charge on any atom is -0.481 e. The van der Waals surface area contributed by atoms with E-state index in [4.69, 9.17) is 5.11 Å². The second-order valence-corrected chi connectivity index (χ2v) is 6.14. The van der Waals surface area contributed by atoms with Crippen LogP contribution in [0.25, 0.3) is 0 Å². The Bertz CT molecular complexity index is 793. The van der Waals surface area contributed by atoms with Crippen molar-refractivity contribution in [3.05, 3.63) is 71.5 Å². The monoisotopic (exact) mass is 372 g/mol. The number of carboxylic acids is 1. The van der Waals surface area contributed by atoms with Gasteiger partial charge in [0.25, 0.3) is 0 Å². The van der Waals surface area contributed by atoms with Gasteiger partial charge in [-0.1, -0.05) is 42.5 Å². The van der Waals surface area contributed by atoms with Crippen LogP contribution in [0.2, 0.25) is 0 Å². The Labute approximate surface area is 156 Å². The van der Waals surface area contributed by atoms with E-state index in [1.165, 1.54) is 31.2 Å². The summed E-state index contributed by atoms with van der Waals surface area (Å²) in [5.41, 5.74) is 1.25. The first-order valence-electron chi connectivity index (χ1n) is 8.44. The van der Waals surface area contributed by atoms with E-state index < -0.39 is 29.8 Å². The summed E-state index contributed by atoms with van der Waals surface area (Å²) >= 11 is 0. The average molecular weight is 372 g/mol. The summed E-state index contributed by atoms with van der Waals surface area (Å²) in [7, 11) is 0. The van der Waals surface area contributed by atoms with Crippen molar-refractivity contribution >= 4 is 17.8 Å². The van der Waals surface area contributed by atoms with Gasteiger partial charge in [0, 0.05) is 6.92 Å². The van der Waals surface area contributed by atoms with Crippen molar-refractivity contribution in [2.45, 2.75) is 31.8 Å². The van der Waals surface area contributed by atoms with E-state index in [1.807, 2.05) is 6.07 Å². The molecule has 7 heteroatoms. The maximum atomic E-state index is 13.1. The number of amides is 2. The van der Waals surface area contributed by atoms with Gasteiger partial charge in [0.15, 0.2) is 0 Å². The molecule has 0 radical (unpaired) electrons. The van der Waals surface area contributed by atoms with Crippen molar-refractivity contribution in [1.82, 2.24) is 10.6 Å². The molecule has 0 bridgehead atoms. The van der Waals surface area contributed by atoms with Crippen molar-refractivity contribution < 1.29 is 23.9 Å². The number of nitrogens with one attached hydrogen (secondary N) is 2. The number of benzene rings is 2. The van der Waals surface area contributed by atoms with Crippen LogP contribution >= 0.6 is 0 Å². The van der Waals surface area contributed by atoms with Crippen molar-refractivity contribution in [2.24, 2.45) is 0 Å². The third kappa shape index (κ3) is 6.54. The highest BCUT2D eigenvalue weighted by Gasteiger charge is 2.22. The maximum Gasteiger partial charge on any atom is 0.305 e. The van der Waals surface area contributed by atoms with E-state index in [0.717, 1.165) is 5.56 Å². The van der Waals surface area contributed by atoms with Crippen LogP contribution in [-0.2, 0) is 14.4 Å². The first-order chi connectivity index (χ1) is 12.8. The van der Waals surface area contributed by atoms with Crippen LogP contribution in [0.5, 0.6) is 0 Å². The molecule has 0 aliphatic rings. The number of rotatable bonds is 8. The number of halogens is 1. The summed E-state index contributed by atoms with van der Waals surface area (Å²) < 4.78 is 13.1. The van der Waals surface area contributed by atoms with Crippen LogP contribution in [0.15, 0.2) is 54.6 Å². The molecule has 27 heavy (non-hydrogen) atoms. The van der Waals surface area contributed by atoms with Gasteiger partial charge >= 0.3 is 5.97 Å². The maximum absolute atomic E-state index is 13.1. The molecule has 0 saturated heterocycles. The van der Waals surface area contributed by atoms with Gasteiger partial charge in [-0.05, 0) is 23.3 Å². The fraction of sp³-hybridized carbons (Fsp3) is 0.250. The smallest absolute Gasteiger partial charge is 0.305 e. The molecule has 142 valence electrons. The molecular formula is C20H21FN2O4. The molecule has 2 unspecified atom stereocenters. The fourth-order valence-electron chi connectivity index (χ4n) is 2.74. The summed E-state index contributed by atoms with van der Waals surface area (Å²) in [6.45, 7) is 1.36. The molecule has 0 aliphatic heterocycles. The molecule has 2 atom stereocenters. The standard InChI is InChI=1S/C20H21FN2O4/c1-13(24)22-17(14-5-3-2-4-6-14)11-19(25)23-18(12-20(26)27)15-7-9-16(21)10-8-15/h2-10,17-18H,11-12H2,1H3,(H,22,24)(H,23,25)(H,26,27). The molecule has 0 heterocycles. The number of carbonyl (C=O) groups is 3. The molecule has 6 nitrogen and oxygen atoms in total. The predicted octanol–water partition coefficient (Wildman–Crippen LogP) is 2.73. The number of carbonyl (C=O) groups excluding carboxylic acids is 2. The highest BCUT2D eigenvalue weighted by molar-refractivity contribution is 5.80. The van der Waals surface area contributed by atoms with E-state index in [2.05, 4.69) is 10.6 Å². The molecule has 0 spiro atoms. The third-order valence-corrected chi connectivity index (χ3v) is 3.96. The summed E-state index contributed by atoms with van der Waals surface area (Å²) in [4.78, 5) is 35.1. The first kappa shape index (κ1) is 20.1. The van der Waals surface area contributed by atoms with Crippen molar-refractivity contribution in [2.75, 3.05) is 0 Å². The van der Waals surface area contributed by atoms with Gasteiger partial charge in [0.2, 0.25) is 11.8 Å². The van der Waals surface area contributed by atoms with Crippen molar-refractivity contribution in [1.29, 1.82) is 0 Å².